The molecular weight excluding hydrogens is 191 g/mol. The number of rotatable bonds is 0. The third-order valence-electron chi connectivity index (χ3n) is 3.51. The second-order valence-electron chi connectivity index (χ2n) is 4.09. The number of alkyl halides is 2. The van der Waals surface area contributed by atoms with Gasteiger partial charge in [0.1, 0.15) is 4.33 Å². The molecule has 0 radical (unpaired) electrons. The topological polar surface area (TPSA) is 0 Å². The third kappa shape index (κ3) is 0.756. The molecule has 12 heavy (non-hydrogen) atoms. The summed E-state index contributed by atoms with van der Waals surface area (Å²) in [5, 5.41) is 0. The first-order chi connectivity index (χ1) is 5.68. The van der Waals surface area contributed by atoms with Crippen LogP contribution in [0.15, 0.2) is 24.3 Å². The molecule has 0 amide bonds. The van der Waals surface area contributed by atoms with Crippen LogP contribution in [0.25, 0.3) is 0 Å². The van der Waals surface area contributed by atoms with Gasteiger partial charge in [0.25, 0.3) is 0 Å². The first kappa shape index (κ1) is 7.46. The number of halogens is 2. The van der Waals surface area contributed by atoms with Crippen molar-refractivity contribution in [3.63, 3.8) is 0 Å². The quantitative estimate of drug-likeness (QED) is 0.417. The molecule has 2 bridgehead atoms. The molecule has 2 heteroatoms. The van der Waals surface area contributed by atoms with Crippen LogP contribution in [0.4, 0.5) is 0 Å². The van der Waals surface area contributed by atoms with Crippen molar-refractivity contribution in [2.45, 2.75) is 10.8 Å². The second-order valence-corrected chi connectivity index (χ2v) is 5.53. The highest BCUT2D eigenvalue weighted by molar-refractivity contribution is 6.50. The Hall–Kier alpha value is 0.0600. The van der Waals surface area contributed by atoms with Crippen LogP contribution < -0.4 is 0 Å². The standard InChI is InChI=1S/C10H10Cl2/c11-10(12)4-3-8-6-1-2-7(5-6)9(8)10/h1-4,6-9H,5H2. The molecule has 0 aliphatic heterocycles. The zero-order valence-corrected chi connectivity index (χ0v) is 8.09. The molecule has 0 heterocycles. The van der Waals surface area contributed by atoms with E-state index >= 15 is 0 Å². The molecule has 64 valence electrons. The molecule has 3 rings (SSSR count). The van der Waals surface area contributed by atoms with Gasteiger partial charge in [-0.2, -0.15) is 0 Å². The minimum atomic E-state index is -0.588. The van der Waals surface area contributed by atoms with Gasteiger partial charge in [-0.3, -0.25) is 0 Å². The molecule has 4 unspecified atom stereocenters. The van der Waals surface area contributed by atoms with E-state index in [0.29, 0.717) is 17.8 Å². The van der Waals surface area contributed by atoms with Gasteiger partial charge in [-0.25, -0.2) is 0 Å². The van der Waals surface area contributed by atoms with Crippen molar-refractivity contribution in [1.82, 2.24) is 0 Å². The smallest absolute Gasteiger partial charge is 0.0966 e. The summed E-state index contributed by atoms with van der Waals surface area (Å²) in [4.78, 5) is 0. The number of hydrogen-bond acceptors (Lipinski definition) is 0. The molecule has 4 atom stereocenters. The average Bonchev–Trinajstić information content (AvgIpc) is 2.61. The number of hydrogen-bond donors (Lipinski definition) is 0. The fourth-order valence-corrected chi connectivity index (χ4v) is 3.78. The van der Waals surface area contributed by atoms with E-state index in [1.807, 2.05) is 6.08 Å². The average molecular weight is 201 g/mol. The van der Waals surface area contributed by atoms with E-state index in [1.165, 1.54) is 6.42 Å². The minimum Gasteiger partial charge on any atom is -0.0966 e. The molecule has 0 spiro atoms. The van der Waals surface area contributed by atoms with Gasteiger partial charge >= 0.3 is 0 Å². The largest absolute Gasteiger partial charge is 0.140 e. The predicted octanol–water partition coefficient (Wildman–Crippen LogP) is 3.17. The van der Waals surface area contributed by atoms with Gasteiger partial charge in [0.05, 0.1) is 0 Å². The van der Waals surface area contributed by atoms with Crippen LogP contribution in [-0.2, 0) is 0 Å². The van der Waals surface area contributed by atoms with Gasteiger partial charge in [-0.05, 0) is 24.2 Å². The number of fused-ring (bicyclic) bond motifs is 5. The van der Waals surface area contributed by atoms with Crippen molar-refractivity contribution >= 4 is 23.2 Å². The van der Waals surface area contributed by atoms with Gasteiger partial charge in [0.2, 0.25) is 0 Å². The Morgan fingerprint density at radius 3 is 2.58 bits per heavy atom. The Balaban J connectivity index is 2.04. The molecule has 0 N–H and O–H groups in total. The molecule has 1 fully saturated rings. The number of allylic oxidation sites excluding steroid dienone is 4. The first-order valence-corrected chi connectivity index (χ1v) is 5.19. The van der Waals surface area contributed by atoms with Crippen LogP contribution in [0.2, 0.25) is 0 Å². The molecule has 0 aromatic rings. The molecule has 0 nitrogen and oxygen atoms in total. The molecular formula is C10H10Cl2. The van der Waals surface area contributed by atoms with Crippen molar-refractivity contribution in [2.75, 3.05) is 0 Å². The summed E-state index contributed by atoms with van der Waals surface area (Å²) in [6.45, 7) is 0. The van der Waals surface area contributed by atoms with Crippen LogP contribution in [0.3, 0.4) is 0 Å². The predicted molar refractivity (Wildman–Crippen MR) is 51.3 cm³/mol. The Morgan fingerprint density at radius 2 is 1.83 bits per heavy atom. The lowest BCUT2D eigenvalue weighted by atomic mass is 9.85. The highest BCUT2D eigenvalue weighted by Crippen LogP contribution is 2.59. The van der Waals surface area contributed by atoms with E-state index in [0.717, 1.165) is 5.92 Å². The lowest BCUT2D eigenvalue weighted by molar-refractivity contribution is 0.383. The van der Waals surface area contributed by atoms with Gasteiger partial charge in [0, 0.05) is 5.92 Å². The Labute approximate surface area is 82.2 Å². The van der Waals surface area contributed by atoms with Crippen LogP contribution in [0.1, 0.15) is 6.42 Å². The maximum Gasteiger partial charge on any atom is 0.140 e. The van der Waals surface area contributed by atoms with Gasteiger partial charge in [0.15, 0.2) is 0 Å². The minimum absolute atomic E-state index is 0.454. The maximum atomic E-state index is 6.21. The van der Waals surface area contributed by atoms with E-state index in [2.05, 4.69) is 18.2 Å². The summed E-state index contributed by atoms with van der Waals surface area (Å²) in [5.41, 5.74) is 0. The van der Waals surface area contributed by atoms with E-state index in [4.69, 9.17) is 23.2 Å². The van der Waals surface area contributed by atoms with Crippen molar-refractivity contribution in [1.29, 1.82) is 0 Å². The SMILES string of the molecule is ClC1(Cl)C=CC2C3C=CC(C3)C21. The highest BCUT2D eigenvalue weighted by Gasteiger charge is 2.54. The zero-order chi connectivity index (χ0) is 8.34. The summed E-state index contributed by atoms with van der Waals surface area (Å²) in [7, 11) is 0. The molecule has 0 aromatic carbocycles. The summed E-state index contributed by atoms with van der Waals surface area (Å²) >= 11 is 12.4. The normalized spacial score (nSPS) is 51.8. The van der Waals surface area contributed by atoms with E-state index in [-0.39, 0.29) is 0 Å². The van der Waals surface area contributed by atoms with Crippen molar-refractivity contribution in [3.05, 3.63) is 24.3 Å². The van der Waals surface area contributed by atoms with Crippen LogP contribution >= 0.6 is 23.2 Å². The molecule has 0 aromatic heterocycles. The van der Waals surface area contributed by atoms with E-state index in [9.17, 15) is 0 Å². The third-order valence-corrected chi connectivity index (χ3v) is 4.26. The molecule has 3 aliphatic carbocycles. The lowest BCUT2D eigenvalue weighted by Gasteiger charge is -2.27. The van der Waals surface area contributed by atoms with Crippen LogP contribution in [-0.4, -0.2) is 4.33 Å². The first-order valence-electron chi connectivity index (χ1n) is 4.44. The molecule has 1 saturated carbocycles. The van der Waals surface area contributed by atoms with Crippen molar-refractivity contribution in [2.24, 2.45) is 23.7 Å². The lowest BCUT2D eigenvalue weighted by Crippen LogP contribution is -2.27. The second kappa shape index (κ2) is 2.10. The molecule has 3 aliphatic rings. The van der Waals surface area contributed by atoms with E-state index in [1.54, 1.807) is 0 Å². The fraction of sp³-hybridized carbons (Fsp3) is 0.600. The van der Waals surface area contributed by atoms with Gasteiger partial charge < -0.3 is 0 Å². The Morgan fingerprint density at radius 1 is 1.08 bits per heavy atom. The van der Waals surface area contributed by atoms with Gasteiger partial charge in [-0.15, -0.1) is 0 Å². The summed E-state index contributed by atoms with van der Waals surface area (Å²) in [6, 6.07) is 0. The van der Waals surface area contributed by atoms with Crippen LogP contribution in [0, 0.1) is 23.7 Å². The van der Waals surface area contributed by atoms with Crippen molar-refractivity contribution in [3.8, 4) is 0 Å². The Kier molecular flexibility index (Phi) is 1.31. The fourth-order valence-electron chi connectivity index (χ4n) is 3.02. The highest BCUT2D eigenvalue weighted by atomic mass is 35.5. The van der Waals surface area contributed by atoms with Crippen molar-refractivity contribution < 1.29 is 0 Å². The maximum absolute atomic E-state index is 6.21. The zero-order valence-electron chi connectivity index (χ0n) is 6.58. The van der Waals surface area contributed by atoms with E-state index < -0.39 is 4.33 Å². The van der Waals surface area contributed by atoms with Gasteiger partial charge in [-0.1, -0.05) is 47.5 Å². The van der Waals surface area contributed by atoms with Crippen LogP contribution in [0.5, 0.6) is 0 Å². The molecule has 0 saturated heterocycles. The summed E-state index contributed by atoms with van der Waals surface area (Å²) in [6.07, 6.45) is 10.1. The summed E-state index contributed by atoms with van der Waals surface area (Å²) < 4.78 is -0.588. The summed E-state index contributed by atoms with van der Waals surface area (Å²) in [5.74, 6) is 2.42. The monoisotopic (exact) mass is 200 g/mol. The Bertz CT molecular complexity index is 278.